The molecule has 1 N–H and O–H groups in total. The lowest BCUT2D eigenvalue weighted by Gasteiger charge is -2.15. The summed E-state index contributed by atoms with van der Waals surface area (Å²) < 4.78 is 28.8. The van der Waals surface area contributed by atoms with Crippen molar-refractivity contribution in [3.8, 4) is 0 Å². The highest BCUT2D eigenvalue weighted by Crippen LogP contribution is 2.28. The molecule has 2 heterocycles. The van der Waals surface area contributed by atoms with Crippen LogP contribution < -0.4 is 0 Å². The van der Waals surface area contributed by atoms with Gasteiger partial charge in [-0.3, -0.25) is 0 Å². The number of sulfonamides is 1. The van der Waals surface area contributed by atoms with Crippen LogP contribution in [0.25, 0.3) is 0 Å². The molecule has 21 heavy (non-hydrogen) atoms. The van der Waals surface area contributed by atoms with Gasteiger partial charge in [0, 0.05) is 31.5 Å². The molecule has 2 rings (SSSR count). The normalized spacial score (nSPS) is 20.2. The zero-order chi connectivity index (χ0) is 15.5. The summed E-state index contributed by atoms with van der Waals surface area (Å²) in [6.07, 6.45) is 5.71. The fourth-order valence-corrected chi connectivity index (χ4v) is 4.65. The molecule has 6 heteroatoms. The van der Waals surface area contributed by atoms with E-state index >= 15 is 0 Å². The molecule has 1 aliphatic rings. The van der Waals surface area contributed by atoms with E-state index < -0.39 is 10.0 Å². The first-order valence-electron chi connectivity index (χ1n) is 7.83. The van der Waals surface area contributed by atoms with Crippen molar-refractivity contribution in [1.29, 1.82) is 0 Å². The van der Waals surface area contributed by atoms with Crippen LogP contribution in [0.4, 0.5) is 0 Å². The van der Waals surface area contributed by atoms with E-state index in [-0.39, 0.29) is 6.61 Å². The van der Waals surface area contributed by atoms with Gasteiger partial charge in [0.05, 0.1) is 6.61 Å². The second kappa shape index (κ2) is 6.94. The molecule has 1 aromatic heterocycles. The fraction of sp³-hybridized carbons (Fsp3) is 0.733. The summed E-state index contributed by atoms with van der Waals surface area (Å²) >= 11 is 0. The third-order valence-electron chi connectivity index (χ3n) is 4.17. The third kappa shape index (κ3) is 3.49. The average molecular weight is 314 g/mol. The van der Waals surface area contributed by atoms with E-state index in [0.29, 0.717) is 29.6 Å². The minimum Gasteiger partial charge on any atom is -0.390 e. The van der Waals surface area contributed by atoms with Crippen molar-refractivity contribution in [1.82, 2.24) is 8.87 Å². The summed E-state index contributed by atoms with van der Waals surface area (Å²) in [6.45, 7) is 6.00. The Balaban J connectivity index is 2.20. The van der Waals surface area contributed by atoms with Crippen molar-refractivity contribution in [3.63, 3.8) is 0 Å². The van der Waals surface area contributed by atoms with E-state index in [1.54, 1.807) is 16.6 Å². The van der Waals surface area contributed by atoms with Crippen molar-refractivity contribution in [2.75, 3.05) is 13.1 Å². The zero-order valence-electron chi connectivity index (χ0n) is 13.0. The van der Waals surface area contributed by atoms with E-state index in [9.17, 15) is 13.5 Å². The Kier molecular flexibility index (Phi) is 5.46. The Hall–Kier alpha value is -0.850. The molecular weight excluding hydrogens is 288 g/mol. The van der Waals surface area contributed by atoms with E-state index in [2.05, 4.69) is 6.92 Å². The summed E-state index contributed by atoms with van der Waals surface area (Å²) in [6, 6.07) is 1.61. The van der Waals surface area contributed by atoms with Crippen LogP contribution >= 0.6 is 0 Å². The van der Waals surface area contributed by atoms with Crippen LogP contribution in [0.5, 0.6) is 0 Å². The maximum atomic E-state index is 12.7. The number of aryl methyl sites for hydroxylation is 1. The van der Waals surface area contributed by atoms with Crippen LogP contribution in [0.2, 0.25) is 0 Å². The minimum atomic E-state index is -3.42. The standard InChI is InChI=1S/C15H26N2O3S/c1-3-5-13-6-8-17(10-13)21(19,20)15-9-14(12-18)16(11-15)7-4-2/h9,11,13,18H,3-8,10,12H2,1-2H3. The van der Waals surface area contributed by atoms with Crippen LogP contribution in [0.15, 0.2) is 17.2 Å². The molecule has 1 fully saturated rings. The largest absolute Gasteiger partial charge is 0.390 e. The molecule has 0 aromatic carbocycles. The van der Waals surface area contributed by atoms with Gasteiger partial charge in [-0.1, -0.05) is 20.3 Å². The van der Waals surface area contributed by atoms with Gasteiger partial charge in [0.2, 0.25) is 10.0 Å². The number of hydrogen-bond donors (Lipinski definition) is 1. The highest BCUT2D eigenvalue weighted by atomic mass is 32.2. The maximum Gasteiger partial charge on any atom is 0.244 e. The predicted octanol–water partition coefficient (Wildman–Crippen LogP) is 2.20. The van der Waals surface area contributed by atoms with Gasteiger partial charge in [-0.25, -0.2) is 8.42 Å². The van der Waals surface area contributed by atoms with Gasteiger partial charge >= 0.3 is 0 Å². The SMILES string of the molecule is CCCC1CCN(S(=O)(=O)c2cc(CO)n(CCC)c2)C1. The van der Waals surface area contributed by atoms with Gasteiger partial charge in [0.25, 0.3) is 0 Å². The van der Waals surface area contributed by atoms with Gasteiger partial charge in [0.15, 0.2) is 0 Å². The summed E-state index contributed by atoms with van der Waals surface area (Å²) in [7, 11) is -3.42. The molecule has 1 aromatic rings. The number of nitrogens with zero attached hydrogens (tertiary/aromatic N) is 2. The first kappa shape index (κ1) is 16.5. The number of hydrogen-bond acceptors (Lipinski definition) is 3. The molecule has 1 unspecified atom stereocenters. The van der Waals surface area contributed by atoms with Crippen LogP contribution in [-0.2, 0) is 23.2 Å². The Morgan fingerprint density at radius 2 is 2.10 bits per heavy atom. The van der Waals surface area contributed by atoms with Gasteiger partial charge < -0.3 is 9.67 Å². The van der Waals surface area contributed by atoms with Crippen LogP contribution in [0.3, 0.4) is 0 Å². The number of aliphatic hydroxyl groups excluding tert-OH is 1. The lowest BCUT2D eigenvalue weighted by Crippen LogP contribution is -2.28. The molecule has 1 aliphatic heterocycles. The first-order valence-corrected chi connectivity index (χ1v) is 9.27. The van der Waals surface area contributed by atoms with E-state index in [0.717, 1.165) is 32.2 Å². The number of aliphatic hydroxyl groups is 1. The summed E-state index contributed by atoms with van der Waals surface area (Å²) in [5, 5.41) is 9.37. The van der Waals surface area contributed by atoms with E-state index in [1.165, 1.54) is 0 Å². The molecule has 0 spiro atoms. The van der Waals surface area contributed by atoms with Crippen molar-refractivity contribution >= 4 is 10.0 Å². The molecule has 0 bridgehead atoms. The highest BCUT2D eigenvalue weighted by molar-refractivity contribution is 7.89. The van der Waals surface area contributed by atoms with E-state index in [1.807, 2.05) is 11.5 Å². The van der Waals surface area contributed by atoms with Gasteiger partial charge in [-0.05, 0) is 31.2 Å². The quantitative estimate of drug-likeness (QED) is 0.839. The number of aromatic nitrogens is 1. The maximum absolute atomic E-state index is 12.7. The topological polar surface area (TPSA) is 62.5 Å². The van der Waals surface area contributed by atoms with Crippen LogP contribution in [-0.4, -0.2) is 35.5 Å². The Bertz CT molecular complexity index is 565. The minimum absolute atomic E-state index is 0.131. The third-order valence-corrected chi connectivity index (χ3v) is 6.00. The second-order valence-corrected chi connectivity index (χ2v) is 7.76. The van der Waals surface area contributed by atoms with Crippen molar-refractivity contribution in [2.45, 2.75) is 57.6 Å². The Labute approximate surface area is 127 Å². The summed E-state index contributed by atoms with van der Waals surface area (Å²) in [5.74, 6) is 0.486. The van der Waals surface area contributed by atoms with E-state index in [4.69, 9.17) is 0 Å². The molecule has 0 amide bonds. The molecule has 0 saturated carbocycles. The lowest BCUT2D eigenvalue weighted by molar-refractivity contribution is 0.270. The molecule has 1 saturated heterocycles. The first-order chi connectivity index (χ1) is 10.0. The Morgan fingerprint density at radius 1 is 1.33 bits per heavy atom. The summed E-state index contributed by atoms with van der Waals surface area (Å²) in [5.41, 5.74) is 0.666. The fourth-order valence-electron chi connectivity index (χ4n) is 3.06. The van der Waals surface area contributed by atoms with Crippen molar-refractivity contribution in [3.05, 3.63) is 18.0 Å². The molecular formula is C15H26N2O3S. The van der Waals surface area contributed by atoms with Gasteiger partial charge in [-0.15, -0.1) is 0 Å². The van der Waals surface area contributed by atoms with Crippen molar-refractivity contribution < 1.29 is 13.5 Å². The average Bonchev–Trinajstić information content (AvgIpc) is 3.07. The monoisotopic (exact) mass is 314 g/mol. The predicted molar refractivity (Wildman–Crippen MR) is 82.4 cm³/mol. The highest BCUT2D eigenvalue weighted by Gasteiger charge is 2.33. The molecule has 120 valence electrons. The zero-order valence-corrected chi connectivity index (χ0v) is 13.8. The molecule has 0 aliphatic carbocycles. The van der Waals surface area contributed by atoms with Crippen LogP contribution in [0.1, 0.15) is 45.2 Å². The van der Waals surface area contributed by atoms with Crippen LogP contribution in [0, 0.1) is 5.92 Å². The number of rotatable bonds is 7. The van der Waals surface area contributed by atoms with Crippen molar-refractivity contribution in [2.24, 2.45) is 5.92 Å². The Morgan fingerprint density at radius 3 is 2.71 bits per heavy atom. The molecule has 5 nitrogen and oxygen atoms in total. The lowest BCUT2D eigenvalue weighted by atomic mass is 10.0. The molecule has 0 radical (unpaired) electrons. The molecule has 1 atom stereocenters. The summed E-state index contributed by atoms with van der Waals surface area (Å²) in [4.78, 5) is 0.317. The smallest absolute Gasteiger partial charge is 0.244 e. The second-order valence-electron chi connectivity index (χ2n) is 5.83. The van der Waals surface area contributed by atoms with Gasteiger partial charge in [-0.2, -0.15) is 4.31 Å². The van der Waals surface area contributed by atoms with Gasteiger partial charge in [0.1, 0.15) is 4.90 Å².